The number of likely N-dealkylation sites (tertiary alicyclic amines) is 1. The number of amides is 1. The fourth-order valence-electron chi connectivity index (χ4n) is 3.50. The van der Waals surface area contributed by atoms with Crippen molar-refractivity contribution in [2.75, 3.05) is 33.2 Å². The fraction of sp³-hybridized carbons (Fsp3) is 0.562. The van der Waals surface area contributed by atoms with Gasteiger partial charge in [-0.15, -0.1) is 0 Å². The minimum absolute atomic E-state index is 0.0843. The van der Waals surface area contributed by atoms with E-state index in [1.54, 1.807) is 12.1 Å². The maximum atomic E-state index is 12.7. The van der Waals surface area contributed by atoms with E-state index in [1.165, 1.54) is 25.6 Å². The van der Waals surface area contributed by atoms with Crippen molar-refractivity contribution >= 4 is 15.9 Å². The van der Waals surface area contributed by atoms with E-state index in [4.69, 9.17) is 0 Å². The average Bonchev–Trinajstić information content (AvgIpc) is 3.03. The van der Waals surface area contributed by atoms with E-state index in [9.17, 15) is 13.2 Å². The number of rotatable bonds is 3. The summed E-state index contributed by atoms with van der Waals surface area (Å²) in [6.45, 7) is 3.59. The first-order valence-electron chi connectivity index (χ1n) is 7.99. The topological polar surface area (TPSA) is 78.5 Å². The molecule has 23 heavy (non-hydrogen) atoms. The standard InChI is InChI=1S/C16H23N3O3S/c1-17-23(21,22)14-4-2-3-13(11-14)15(20)19-9-6-16(7-10-19)5-8-18-12-16/h2-4,11,17-18H,5-10,12H2,1H3. The molecule has 2 saturated heterocycles. The van der Waals surface area contributed by atoms with Crippen molar-refractivity contribution < 1.29 is 13.2 Å². The molecule has 1 aromatic carbocycles. The SMILES string of the molecule is CNS(=O)(=O)c1cccc(C(=O)N2CCC3(CCNC3)CC2)c1. The van der Waals surface area contributed by atoms with Crippen molar-refractivity contribution in [3.05, 3.63) is 29.8 Å². The van der Waals surface area contributed by atoms with E-state index in [0.717, 1.165) is 39.0 Å². The zero-order valence-electron chi connectivity index (χ0n) is 13.3. The molecule has 0 aliphatic carbocycles. The summed E-state index contributed by atoms with van der Waals surface area (Å²) in [5.74, 6) is -0.0843. The third kappa shape index (κ3) is 3.27. The molecule has 0 saturated carbocycles. The molecule has 2 aliphatic rings. The molecule has 1 aromatic rings. The molecular formula is C16H23N3O3S. The van der Waals surface area contributed by atoms with Crippen LogP contribution in [0.2, 0.25) is 0 Å². The molecule has 1 spiro atoms. The van der Waals surface area contributed by atoms with Gasteiger partial charge in [0.2, 0.25) is 10.0 Å². The van der Waals surface area contributed by atoms with Gasteiger partial charge in [0.1, 0.15) is 0 Å². The molecule has 3 rings (SSSR count). The number of nitrogens with one attached hydrogen (secondary N) is 2. The van der Waals surface area contributed by atoms with Gasteiger partial charge in [-0.1, -0.05) is 6.07 Å². The van der Waals surface area contributed by atoms with Crippen LogP contribution in [0.5, 0.6) is 0 Å². The summed E-state index contributed by atoms with van der Waals surface area (Å²) >= 11 is 0. The van der Waals surface area contributed by atoms with Crippen LogP contribution in [0.15, 0.2) is 29.2 Å². The highest BCUT2D eigenvalue weighted by atomic mass is 32.2. The Morgan fingerprint density at radius 1 is 1.26 bits per heavy atom. The van der Waals surface area contributed by atoms with Crippen LogP contribution in [0.4, 0.5) is 0 Å². The van der Waals surface area contributed by atoms with Gasteiger partial charge in [0.05, 0.1) is 4.90 Å². The highest BCUT2D eigenvalue weighted by molar-refractivity contribution is 7.89. The number of sulfonamides is 1. The zero-order chi connectivity index (χ0) is 16.5. The lowest BCUT2D eigenvalue weighted by Gasteiger charge is -2.38. The maximum absolute atomic E-state index is 12.7. The predicted molar refractivity (Wildman–Crippen MR) is 87.7 cm³/mol. The largest absolute Gasteiger partial charge is 0.339 e. The first kappa shape index (κ1) is 16.4. The fourth-order valence-corrected chi connectivity index (χ4v) is 4.28. The minimum atomic E-state index is -3.53. The van der Waals surface area contributed by atoms with E-state index in [1.807, 2.05) is 4.90 Å². The third-order valence-corrected chi connectivity index (χ3v) is 6.52. The van der Waals surface area contributed by atoms with Crippen LogP contribution >= 0.6 is 0 Å². The predicted octanol–water partition coefficient (Wildman–Crippen LogP) is 0.810. The molecule has 2 aliphatic heterocycles. The van der Waals surface area contributed by atoms with Crippen LogP contribution in [0.25, 0.3) is 0 Å². The van der Waals surface area contributed by atoms with Crippen molar-refractivity contribution in [3.63, 3.8) is 0 Å². The molecule has 6 nitrogen and oxygen atoms in total. The quantitative estimate of drug-likeness (QED) is 0.856. The lowest BCUT2D eigenvalue weighted by molar-refractivity contribution is 0.0607. The lowest BCUT2D eigenvalue weighted by Crippen LogP contribution is -2.44. The average molecular weight is 337 g/mol. The van der Waals surface area contributed by atoms with E-state index >= 15 is 0 Å². The lowest BCUT2D eigenvalue weighted by atomic mass is 9.78. The first-order chi connectivity index (χ1) is 11.0. The number of hydrogen-bond donors (Lipinski definition) is 2. The third-order valence-electron chi connectivity index (χ3n) is 5.10. The van der Waals surface area contributed by atoms with Gasteiger partial charge in [0, 0.05) is 25.2 Å². The van der Waals surface area contributed by atoms with Gasteiger partial charge in [-0.25, -0.2) is 13.1 Å². The number of nitrogens with zero attached hydrogens (tertiary/aromatic N) is 1. The van der Waals surface area contributed by atoms with Crippen molar-refractivity contribution in [3.8, 4) is 0 Å². The molecule has 0 atom stereocenters. The Hall–Kier alpha value is -1.44. The van der Waals surface area contributed by atoms with Crippen LogP contribution in [-0.2, 0) is 10.0 Å². The van der Waals surface area contributed by atoms with Crippen molar-refractivity contribution in [2.24, 2.45) is 5.41 Å². The Balaban J connectivity index is 1.73. The molecule has 0 bridgehead atoms. The molecule has 2 N–H and O–H groups in total. The van der Waals surface area contributed by atoms with Crippen LogP contribution in [0.3, 0.4) is 0 Å². The molecule has 2 fully saturated rings. The first-order valence-corrected chi connectivity index (χ1v) is 9.48. The maximum Gasteiger partial charge on any atom is 0.253 e. The molecule has 1 amide bonds. The van der Waals surface area contributed by atoms with Gasteiger partial charge in [0.25, 0.3) is 5.91 Å². The van der Waals surface area contributed by atoms with Crippen molar-refractivity contribution in [1.82, 2.24) is 14.9 Å². The Kier molecular flexibility index (Phi) is 4.44. The Morgan fingerprint density at radius 2 is 2.00 bits per heavy atom. The molecule has 2 heterocycles. The summed E-state index contributed by atoms with van der Waals surface area (Å²) in [5.41, 5.74) is 0.787. The van der Waals surface area contributed by atoms with E-state index in [2.05, 4.69) is 10.0 Å². The summed E-state index contributed by atoms with van der Waals surface area (Å²) in [6.07, 6.45) is 3.21. The van der Waals surface area contributed by atoms with Crippen LogP contribution in [0, 0.1) is 5.41 Å². The molecular weight excluding hydrogens is 314 g/mol. The smallest absolute Gasteiger partial charge is 0.253 e. The number of hydrogen-bond acceptors (Lipinski definition) is 4. The molecule has 7 heteroatoms. The molecule has 0 unspecified atom stereocenters. The van der Waals surface area contributed by atoms with Gasteiger partial charge in [-0.3, -0.25) is 4.79 Å². The molecule has 0 aromatic heterocycles. The normalized spacial score (nSPS) is 20.8. The summed E-state index contributed by atoms with van der Waals surface area (Å²) in [7, 11) is -2.17. The van der Waals surface area contributed by atoms with E-state index < -0.39 is 10.0 Å². The molecule has 126 valence electrons. The summed E-state index contributed by atoms with van der Waals surface area (Å²) < 4.78 is 26.0. The highest BCUT2D eigenvalue weighted by Crippen LogP contribution is 2.37. The second-order valence-corrected chi connectivity index (χ2v) is 8.34. The summed E-state index contributed by atoms with van der Waals surface area (Å²) in [4.78, 5) is 14.6. The van der Waals surface area contributed by atoms with Crippen molar-refractivity contribution in [2.45, 2.75) is 24.2 Å². The second-order valence-electron chi connectivity index (χ2n) is 6.45. The van der Waals surface area contributed by atoms with Gasteiger partial charge in [-0.2, -0.15) is 0 Å². The number of carbonyl (C=O) groups excluding carboxylic acids is 1. The monoisotopic (exact) mass is 337 g/mol. The number of piperidine rings is 1. The summed E-state index contributed by atoms with van der Waals surface area (Å²) in [6, 6.07) is 6.25. The Morgan fingerprint density at radius 3 is 2.61 bits per heavy atom. The van der Waals surface area contributed by atoms with Gasteiger partial charge >= 0.3 is 0 Å². The number of carbonyl (C=O) groups is 1. The van der Waals surface area contributed by atoms with Crippen LogP contribution in [0.1, 0.15) is 29.6 Å². The van der Waals surface area contributed by atoms with Gasteiger partial charge in [0.15, 0.2) is 0 Å². The minimum Gasteiger partial charge on any atom is -0.339 e. The second kappa shape index (κ2) is 6.22. The van der Waals surface area contributed by atoms with E-state index in [0.29, 0.717) is 11.0 Å². The van der Waals surface area contributed by atoms with Gasteiger partial charge < -0.3 is 10.2 Å². The highest BCUT2D eigenvalue weighted by Gasteiger charge is 2.38. The summed E-state index contributed by atoms with van der Waals surface area (Å²) in [5, 5.41) is 3.41. The van der Waals surface area contributed by atoms with Crippen LogP contribution < -0.4 is 10.0 Å². The number of benzene rings is 1. The zero-order valence-corrected chi connectivity index (χ0v) is 14.2. The Labute approximate surface area is 137 Å². The Bertz CT molecular complexity index is 686. The van der Waals surface area contributed by atoms with Crippen LogP contribution in [-0.4, -0.2) is 52.5 Å². The van der Waals surface area contributed by atoms with Gasteiger partial charge in [-0.05, 0) is 56.5 Å². The van der Waals surface area contributed by atoms with E-state index in [-0.39, 0.29) is 10.8 Å². The van der Waals surface area contributed by atoms with Crippen molar-refractivity contribution in [1.29, 1.82) is 0 Å². The molecule has 0 radical (unpaired) electrons.